The minimum atomic E-state index is -0.192. The van der Waals surface area contributed by atoms with Crippen LogP contribution in [0.2, 0.25) is 0 Å². The highest BCUT2D eigenvalue weighted by molar-refractivity contribution is 7.09. The van der Waals surface area contributed by atoms with Crippen LogP contribution in [0.4, 0.5) is 5.69 Å². The highest BCUT2D eigenvalue weighted by Crippen LogP contribution is 2.11. The van der Waals surface area contributed by atoms with Crippen LogP contribution in [0.25, 0.3) is 0 Å². The SMILES string of the molecule is CC(=O)Nc1cccc(C(=O)NCc2nccs2)c1. The van der Waals surface area contributed by atoms with Gasteiger partial charge in [0, 0.05) is 29.8 Å². The second-order valence-corrected chi connectivity index (χ2v) is 4.85. The van der Waals surface area contributed by atoms with Crippen LogP contribution < -0.4 is 10.6 Å². The van der Waals surface area contributed by atoms with Gasteiger partial charge < -0.3 is 10.6 Å². The normalized spacial score (nSPS) is 9.95. The van der Waals surface area contributed by atoms with E-state index in [0.29, 0.717) is 17.8 Å². The number of rotatable bonds is 4. The van der Waals surface area contributed by atoms with Gasteiger partial charge in [-0.2, -0.15) is 0 Å². The molecule has 1 aromatic heterocycles. The minimum Gasteiger partial charge on any atom is -0.346 e. The zero-order valence-corrected chi connectivity index (χ0v) is 11.2. The average Bonchev–Trinajstić information content (AvgIpc) is 2.88. The standard InChI is InChI=1S/C13H13N3O2S/c1-9(17)16-11-4-2-3-10(7-11)13(18)15-8-12-14-5-6-19-12/h2-7H,8H2,1H3,(H,15,18)(H,16,17). The third-order valence-corrected chi connectivity index (χ3v) is 3.11. The monoisotopic (exact) mass is 275 g/mol. The maximum absolute atomic E-state index is 11.9. The van der Waals surface area contributed by atoms with Crippen molar-refractivity contribution in [1.29, 1.82) is 0 Å². The van der Waals surface area contributed by atoms with Gasteiger partial charge in [0.05, 0.1) is 6.54 Å². The summed E-state index contributed by atoms with van der Waals surface area (Å²) in [7, 11) is 0. The van der Waals surface area contributed by atoms with Gasteiger partial charge in [-0.25, -0.2) is 4.98 Å². The molecular formula is C13H13N3O2S. The molecule has 1 heterocycles. The van der Waals surface area contributed by atoms with Crippen molar-refractivity contribution in [2.75, 3.05) is 5.32 Å². The second kappa shape index (κ2) is 6.10. The maximum atomic E-state index is 11.9. The van der Waals surface area contributed by atoms with Crippen LogP contribution in [-0.2, 0) is 11.3 Å². The van der Waals surface area contributed by atoms with E-state index in [1.807, 2.05) is 5.38 Å². The molecule has 5 nitrogen and oxygen atoms in total. The Morgan fingerprint density at radius 2 is 2.21 bits per heavy atom. The zero-order valence-electron chi connectivity index (χ0n) is 10.3. The molecule has 0 aliphatic carbocycles. The first-order valence-corrected chi connectivity index (χ1v) is 6.57. The van der Waals surface area contributed by atoms with Gasteiger partial charge in [-0.3, -0.25) is 9.59 Å². The Labute approximate surface area is 114 Å². The van der Waals surface area contributed by atoms with Gasteiger partial charge in [0.2, 0.25) is 5.91 Å². The summed E-state index contributed by atoms with van der Waals surface area (Å²) in [6.07, 6.45) is 1.70. The molecule has 2 rings (SSSR count). The summed E-state index contributed by atoms with van der Waals surface area (Å²) in [4.78, 5) is 27.0. The van der Waals surface area contributed by atoms with Crippen LogP contribution in [0.15, 0.2) is 35.8 Å². The van der Waals surface area contributed by atoms with Gasteiger partial charge in [0.1, 0.15) is 5.01 Å². The number of nitrogens with one attached hydrogen (secondary N) is 2. The number of anilines is 1. The van der Waals surface area contributed by atoms with Gasteiger partial charge >= 0.3 is 0 Å². The van der Waals surface area contributed by atoms with Gasteiger partial charge in [0.15, 0.2) is 0 Å². The Hall–Kier alpha value is -2.21. The third-order valence-electron chi connectivity index (χ3n) is 2.33. The first kappa shape index (κ1) is 13.2. The summed E-state index contributed by atoms with van der Waals surface area (Å²) in [5.74, 6) is -0.359. The summed E-state index contributed by atoms with van der Waals surface area (Å²) < 4.78 is 0. The van der Waals surface area contributed by atoms with Crippen molar-refractivity contribution < 1.29 is 9.59 Å². The Morgan fingerprint density at radius 1 is 1.37 bits per heavy atom. The minimum absolute atomic E-state index is 0.166. The summed E-state index contributed by atoms with van der Waals surface area (Å²) in [6, 6.07) is 6.80. The van der Waals surface area contributed by atoms with Crippen LogP contribution in [0, 0.1) is 0 Å². The number of hydrogen-bond donors (Lipinski definition) is 2. The summed E-state index contributed by atoms with van der Waals surface area (Å²) in [6.45, 7) is 1.83. The quantitative estimate of drug-likeness (QED) is 0.897. The van der Waals surface area contributed by atoms with Crippen LogP contribution in [-0.4, -0.2) is 16.8 Å². The lowest BCUT2D eigenvalue weighted by molar-refractivity contribution is -0.114. The van der Waals surface area contributed by atoms with E-state index in [0.717, 1.165) is 5.01 Å². The van der Waals surface area contributed by atoms with E-state index in [1.165, 1.54) is 18.3 Å². The number of nitrogens with zero attached hydrogens (tertiary/aromatic N) is 1. The van der Waals surface area contributed by atoms with E-state index in [4.69, 9.17) is 0 Å². The molecule has 19 heavy (non-hydrogen) atoms. The van der Waals surface area contributed by atoms with E-state index >= 15 is 0 Å². The highest BCUT2D eigenvalue weighted by Gasteiger charge is 2.07. The Morgan fingerprint density at radius 3 is 2.89 bits per heavy atom. The molecule has 98 valence electrons. The number of amides is 2. The van der Waals surface area contributed by atoms with E-state index < -0.39 is 0 Å². The molecule has 6 heteroatoms. The molecule has 0 fully saturated rings. The lowest BCUT2D eigenvalue weighted by atomic mass is 10.2. The van der Waals surface area contributed by atoms with Crippen molar-refractivity contribution in [2.45, 2.75) is 13.5 Å². The molecule has 0 aliphatic heterocycles. The molecule has 0 saturated heterocycles. The topological polar surface area (TPSA) is 71.1 Å². The molecule has 0 unspecified atom stereocenters. The van der Waals surface area contributed by atoms with E-state index in [2.05, 4.69) is 15.6 Å². The van der Waals surface area contributed by atoms with Crippen molar-refractivity contribution in [3.8, 4) is 0 Å². The fraction of sp³-hybridized carbons (Fsp3) is 0.154. The van der Waals surface area contributed by atoms with Crippen LogP contribution >= 0.6 is 11.3 Å². The maximum Gasteiger partial charge on any atom is 0.251 e. The third kappa shape index (κ3) is 3.89. The molecule has 0 bridgehead atoms. The number of carbonyl (C=O) groups excluding carboxylic acids is 2. The Balaban J connectivity index is 2.00. The fourth-order valence-electron chi connectivity index (χ4n) is 1.54. The summed E-state index contributed by atoms with van der Waals surface area (Å²) in [5, 5.41) is 8.13. The number of thiazole rings is 1. The van der Waals surface area contributed by atoms with Gasteiger partial charge in [-0.05, 0) is 18.2 Å². The molecule has 2 amide bonds. The van der Waals surface area contributed by atoms with Crippen molar-refractivity contribution in [3.05, 3.63) is 46.4 Å². The molecule has 0 saturated carbocycles. The zero-order chi connectivity index (χ0) is 13.7. The predicted molar refractivity (Wildman–Crippen MR) is 74.0 cm³/mol. The average molecular weight is 275 g/mol. The molecular weight excluding hydrogens is 262 g/mol. The predicted octanol–water partition coefficient (Wildman–Crippen LogP) is 2.03. The lowest BCUT2D eigenvalue weighted by Crippen LogP contribution is -2.22. The molecule has 0 spiro atoms. The van der Waals surface area contributed by atoms with E-state index in [9.17, 15) is 9.59 Å². The molecule has 0 atom stereocenters. The van der Waals surface area contributed by atoms with Crippen LogP contribution in [0.1, 0.15) is 22.3 Å². The largest absolute Gasteiger partial charge is 0.346 e. The summed E-state index contributed by atoms with van der Waals surface area (Å²) >= 11 is 1.49. The molecule has 2 aromatic rings. The van der Waals surface area contributed by atoms with Gasteiger partial charge in [-0.1, -0.05) is 6.07 Å². The van der Waals surface area contributed by atoms with Crippen LogP contribution in [0.3, 0.4) is 0 Å². The molecule has 1 aromatic carbocycles. The number of carbonyl (C=O) groups is 2. The van der Waals surface area contributed by atoms with Crippen LogP contribution in [0.5, 0.6) is 0 Å². The first-order valence-electron chi connectivity index (χ1n) is 5.69. The van der Waals surface area contributed by atoms with Crippen molar-refractivity contribution in [1.82, 2.24) is 10.3 Å². The Bertz CT molecular complexity index is 581. The summed E-state index contributed by atoms with van der Waals surface area (Å²) in [5.41, 5.74) is 1.11. The number of hydrogen-bond acceptors (Lipinski definition) is 4. The first-order chi connectivity index (χ1) is 9.15. The number of benzene rings is 1. The fourth-order valence-corrected chi connectivity index (χ4v) is 2.10. The Kier molecular flexibility index (Phi) is 4.25. The van der Waals surface area contributed by atoms with Gasteiger partial charge in [0.25, 0.3) is 5.91 Å². The van der Waals surface area contributed by atoms with Crippen molar-refractivity contribution in [2.24, 2.45) is 0 Å². The smallest absolute Gasteiger partial charge is 0.251 e. The molecule has 2 N–H and O–H groups in total. The van der Waals surface area contributed by atoms with Crippen molar-refractivity contribution in [3.63, 3.8) is 0 Å². The molecule has 0 radical (unpaired) electrons. The lowest BCUT2D eigenvalue weighted by Gasteiger charge is -2.06. The second-order valence-electron chi connectivity index (χ2n) is 3.87. The van der Waals surface area contributed by atoms with Crippen molar-refractivity contribution >= 4 is 28.8 Å². The number of aromatic nitrogens is 1. The molecule has 0 aliphatic rings. The van der Waals surface area contributed by atoms with Gasteiger partial charge in [-0.15, -0.1) is 11.3 Å². The van der Waals surface area contributed by atoms with E-state index in [1.54, 1.807) is 30.5 Å². The highest BCUT2D eigenvalue weighted by atomic mass is 32.1. The van der Waals surface area contributed by atoms with E-state index in [-0.39, 0.29) is 11.8 Å².